The number of hydrogen-bond acceptors (Lipinski definition) is 3. The van der Waals surface area contributed by atoms with Crippen molar-refractivity contribution in [2.75, 3.05) is 13.1 Å². The zero-order valence-corrected chi connectivity index (χ0v) is 12.3. The van der Waals surface area contributed by atoms with Crippen LogP contribution in [-0.2, 0) is 9.05 Å². The van der Waals surface area contributed by atoms with Gasteiger partial charge in [-0.05, 0) is 37.6 Å². The minimum absolute atomic E-state index is 0.0248. The number of rotatable bonds is 4. The van der Waals surface area contributed by atoms with E-state index in [2.05, 4.69) is 5.92 Å². The van der Waals surface area contributed by atoms with Gasteiger partial charge in [0.25, 0.3) is 15.0 Å². The summed E-state index contributed by atoms with van der Waals surface area (Å²) < 4.78 is 22.4. The van der Waals surface area contributed by atoms with Crippen molar-refractivity contribution in [1.29, 1.82) is 0 Å². The fourth-order valence-corrected chi connectivity index (χ4v) is 2.47. The normalized spacial score (nSPS) is 10.8. The van der Waals surface area contributed by atoms with Gasteiger partial charge in [-0.25, -0.2) is 8.42 Å². The SMILES string of the molecule is C#CCN(CC)C(=O)c1ccc(S(=O)(=O)Cl)cc1C. The van der Waals surface area contributed by atoms with E-state index in [1.54, 1.807) is 6.92 Å². The molecule has 0 aliphatic heterocycles. The maximum Gasteiger partial charge on any atom is 0.261 e. The van der Waals surface area contributed by atoms with Crippen molar-refractivity contribution in [3.05, 3.63) is 29.3 Å². The molecule has 0 saturated carbocycles. The van der Waals surface area contributed by atoms with E-state index in [0.717, 1.165) is 0 Å². The Hall–Kier alpha value is -1.51. The standard InChI is InChI=1S/C13H14ClNO3S/c1-4-8-15(5-2)13(16)12-7-6-11(9-10(12)3)19(14,17)18/h1,6-7,9H,5,8H2,2-3H3. The smallest absolute Gasteiger partial charge is 0.261 e. The van der Waals surface area contributed by atoms with Gasteiger partial charge in [0.2, 0.25) is 0 Å². The molecule has 0 atom stereocenters. The summed E-state index contributed by atoms with van der Waals surface area (Å²) in [6.45, 7) is 4.17. The molecule has 0 N–H and O–H groups in total. The Kier molecular flexibility index (Phi) is 4.98. The van der Waals surface area contributed by atoms with Crippen molar-refractivity contribution in [3.8, 4) is 12.3 Å². The number of hydrogen-bond donors (Lipinski definition) is 0. The third-order valence-electron chi connectivity index (χ3n) is 2.66. The quantitative estimate of drug-likeness (QED) is 0.631. The van der Waals surface area contributed by atoms with Gasteiger partial charge in [-0.1, -0.05) is 5.92 Å². The van der Waals surface area contributed by atoms with Crippen molar-refractivity contribution in [2.45, 2.75) is 18.7 Å². The number of carbonyl (C=O) groups excluding carboxylic acids is 1. The first kappa shape index (κ1) is 15.5. The first-order chi connectivity index (χ1) is 8.81. The lowest BCUT2D eigenvalue weighted by atomic mass is 10.1. The summed E-state index contributed by atoms with van der Waals surface area (Å²) in [6, 6.07) is 4.14. The molecule has 4 nitrogen and oxygen atoms in total. The van der Waals surface area contributed by atoms with E-state index < -0.39 is 9.05 Å². The minimum Gasteiger partial charge on any atom is -0.328 e. The molecule has 0 spiro atoms. The third kappa shape index (κ3) is 3.72. The first-order valence-corrected chi connectivity index (χ1v) is 7.90. The number of aryl methyl sites for hydroxylation is 1. The summed E-state index contributed by atoms with van der Waals surface area (Å²) in [5.41, 5.74) is 0.961. The highest BCUT2D eigenvalue weighted by Crippen LogP contribution is 2.20. The largest absolute Gasteiger partial charge is 0.328 e. The maximum atomic E-state index is 12.2. The Balaban J connectivity index is 3.17. The van der Waals surface area contributed by atoms with Crippen LogP contribution >= 0.6 is 10.7 Å². The van der Waals surface area contributed by atoms with Crippen LogP contribution in [0.3, 0.4) is 0 Å². The van der Waals surface area contributed by atoms with Crippen LogP contribution in [0.2, 0.25) is 0 Å². The zero-order valence-electron chi connectivity index (χ0n) is 10.7. The van der Waals surface area contributed by atoms with Crippen LogP contribution in [0.5, 0.6) is 0 Å². The van der Waals surface area contributed by atoms with Crippen LogP contribution < -0.4 is 0 Å². The molecular formula is C13H14ClNO3S. The summed E-state index contributed by atoms with van der Waals surface area (Å²) >= 11 is 0. The Morgan fingerprint density at radius 1 is 1.47 bits per heavy atom. The van der Waals surface area contributed by atoms with Crippen molar-refractivity contribution >= 4 is 25.6 Å². The van der Waals surface area contributed by atoms with Crippen LogP contribution in [0.25, 0.3) is 0 Å². The molecule has 0 fully saturated rings. The Labute approximate surface area is 117 Å². The Morgan fingerprint density at radius 3 is 2.53 bits per heavy atom. The van der Waals surface area contributed by atoms with Gasteiger partial charge in [0, 0.05) is 22.8 Å². The lowest BCUT2D eigenvalue weighted by molar-refractivity contribution is 0.0784. The van der Waals surface area contributed by atoms with Crippen LogP contribution in [0, 0.1) is 19.3 Å². The molecule has 0 aliphatic rings. The summed E-state index contributed by atoms with van der Waals surface area (Å²) in [7, 11) is 1.46. The summed E-state index contributed by atoms with van der Waals surface area (Å²) in [5, 5.41) is 0. The van der Waals surface area contributed by atoms with Crippen molar-refractivity contribution in [3.63, 3.8) is 0 Å². The molecule has 19 heavy (non-hydrogen) atoms. The van der Waals surface area contributed by atoms with Crippen molar-refractivity contribution < 1.29 is 13.2 Å². The van der Waals surface area contributed by atoms with E-state index in [0.29, 0.717) is 17.7 Å². The third-order valence-corrected chi connectivity index (χ3v) is 4.01. The van der Waals surface area contributed by atoms with Crippen LogP contribution in [0.15, 0.2) is 23.1 Å². The highest BCUT2D eigenvalue weighted by molar-refractivity contribution is 8.13. The number of benzene rings is 1. The van der Waals surface area contributed by atoms with E-state index in [9.17, 15) is 13.2 Å². The Bertz CT molecular complexity index is 632. The topological polar surface area (TPSA) is 54.5 Å². The van der Waals surface area contributed by atoms with E-state index in [-0.39, 0.29) is 17.3 Å². The molecule has 0 bridgehead atoms. The monoisotopic (exact) mass is 299 g/mol. The molecule has 1 aromatic rings. The predicted octanol–water partition coefficient (Wildman–Crippen LogP) is 2.02. The van der Waals surface area contributed by atoms with Gasteiger partial charge in [0.15, 0.2) is 0 Å². The minimum atomic E-state index is -3.79. The molecule has 1 rings (SSSR count). The molecule has 1 aromatic carbocycles. The van der Waals surface area contributed by atoms with E-state index >= 15 is 0 Å². The second-order valence-electron chi connectivity index (χ2n) is 3.94. The number of carbonyl (C=O) groups is 1. The second-order valence-corrected chi connectivity index (χ2v) is 6.50. The fraction of sp³-hybridized carbons (Fsp3) is 0.308. The van der Waals surface area contributed by atoms with Gasteiger partial charge in [-0.15, -0.1) is 6.42 Å². The van der Waals surface area contributed by atoms with Gasteiger partial charge in [0.1, 0.15) is 0 Å². The predicted molar refractivity (Wildman–Crippen MR) is 74.6 cm³/mol. The number of terminal acetylenes is 1. The molecule has 0 aliphatic carbocycles. The van der Waals surface area contributed by atoms with Crippen molar-refractivity contribution in [1.82, 2.24) is 4.90 Å². The van der Waals surface area contributed by atoms with Gasteiger partial charge >= 0.3 is 0 Å². The molecule has 0 saturated heterocycles. The molecule has 0 heterocycles. The molecule has 1 amide bonds. The van der Waals surface area contributed by atoms with Crippen LogP contribution in [-0.4, -0.2) is 32.3 Å². The maximum absolute atomic E-state index is 12.2. The Morgan fingerprint density at radius 2 is 2.11 bits per heavy atom. The van der Waals surface area contributed by atoms with E-state index in [4.69, 9.17) is 17.1 Å². The van der Waals surface area contributed by atoms with Crippen LogP contribution in [0.4, 0.5) is 0 Å². The molecule has 0 radical (unpaired) electrons. The fourth-order valence-electron chi connectivity index (χ4n) is 1.64. The highest BCUT2D eigenvalue weighted by atomic mass is 35.7. The number of halogens is 1. The zero-order chi connectivity index (χ0) is 14.6. The van der Waals surface area contributed by atoms with Gasteiger partial charge in [-0.2, -0.15) is 0 Å². The van der Waals surface area contributed by atoms with Crippen molar-refractivity contribution in [2.24, 2.45) is 0 Å². The highest BCUT2D eigenvalue weighted by Gasteiger charge is 2.18. The summed E-state index contributed by atoms with van der Waals surface area (Å²) in [6.07, 6.45) is 5.20. The van der Waals surface area contributed by atoms with E-state index in [1.807, 2.05) is 6.92 Å². The van der Waals surface area contributed by atoms with Gasteiger partial charge in [0.05, 0.1) is 11.4 Å². The lowest BCUT2D eigenvalue weighted by Crippen LogP contribution is -2.31. The molecule has 0 unspecified atom stereocenters. The summed E-state index contributed by atoms with van der Waals surface area (Å²) in [4.78, 5) is 13.7. The second kappa shape index (κ2) is 6.09. The average Bonchev–Trinajstić information content (AvgIpc) is 2.34. The van der Waals surface area contributed by atoms with E-state index in [1.165, 1.54) is 23.1 Å². The average molecular weight is 300 g/mol. The lowest BCUT2D eigenvalue weighted by Gasteiger charge is -2.19. The molecule has 6 heteroatoms. The number of nitrogens with zero attached hydrogens (tertiary/aromatic N) is 1. The van der Waals surface area contributed by atoms with Gasteiger partial charge in [-0.3, -0.25) is 4.79 Å². The molecule has 102 valence electrons. The summed E-state index contributed by atoms with van der Waals surface area (Å²) in [5.74, 6) is 2.19. The molecular weight excluding hydrogens is 286 g/mol. The van der Waals surface area contributed by atoms with Gasteiger partial charge < -0.3 is 4.90 Å². The molecule has 0 aromatic heterocycles. The number of amides is 1. The van der Waals surface area contributed by atoms with Crippen LogP contribution in [0.1, 0.15) is 22.8 Å². The first-order valence-electron chi connectivity index (χ1n) is 5.59.